The number of rotatable bonds is 7. The van der Waals surface area contributed by atoms with Gasteiger partial charge in [0.25, 0.3) is 0 Å². The molecule has 0 unspecified atom stereocenters. The second kappa shape index (κ2) is 7.21. The van der Waals surface area contributed by atoms with Gasteiger partial charge < -0.3 is 14.8 Å². The highest BCUT2D eigenvalue weighted by molar-refractivity contribution is 7.14. The standard InChI is InChI=1S/C14H19N3O2S/c1-15-8-4-5-13-16-17-14(20-13)10-6-7-11(18-2)12(9-10)19-3/h6-7,9,15H,4-5,8H2,1-3H3. The number of ether oxygens (including phenoxy) is 2. The van der Waals surface area contributed by atoms with E-state index in [0.29, 0.717) is 5.75 Å². The molecule has 0 bridgehead atoms. The van der Waals surface area contributed by atoms with Crippen LogP contribution in [0, 0.1) is 0 Å². The van der Waals surface area contributed by atoms with Crippen molar-refractivity contribution in [3.8, 4) is 22.1 Å². The number of aryl methyl sites for hydroxylation is 1. The first-order valence-electron chi connectivity index (χ1n) is 6.48. The molecule has 1 aromatic heterocycles. The second-order valence-corrected chi connectivity index (χ2v) is 5.34. The maximum absolute atomic E-state index is 5.31. The van der Waals surface area contributed by atoms with Gasteiger partial charge in [0, 0.05) is 12.0 Å². The van der Waals surface area contributed by atoms with Gasteiger partial charge in [-0.15, -0.1) is 10.2 Å². The van der Waals surface area contributed by atoms with Gasteiger partial charge in [0.15, 0.2) is 11.5 Å². The first kappa shape index (κ1) is 14.7. The lowest BCUT2D eigenvalue weighted by molar-refractivity contribution is 0.355. The SMILES string of the molecule is CNCCCc1nnc(-c2ccc(OC)c(OC)c2)s1. The Morgan fingerprint density at radius 2 is 1.95 bits per heavy atom. The number of methoxy groups -OCH3 is 2. The van der Waals surface area contributed by atoms with Crippen LogP contribution >= 0.6 is 11.3 Å². The first-order valence-corrected chi connectivity index (χ1v) is 7.29. The smallest absolute Gasteiger partial charge is 0.161 e. The summed E-state index contributed by atoms with van der Waals surface area (Å²) in [5.74, 6) is 1.42. The number of hydrogen-bond donors (Lipinski definition) is 1. The van der Waals surface area contributed by atoms with E-state index in [1.54, 1.807) is 25.6 Å². The van der Waals surface area contributed by atoms with Crippen molar-refractivity contribution in [3.05, 3.63) is 23.2 Å². The van der Waals surface area contributed by atoms with Gasteiger partial charge in [0.1, 0.15) is 10.0 Å². The zero-order valence-corrected chi connectivity index (χ0v) is 12.8. The Labute approximate surface area is 123 Å². The number of nitrogens with zero attached hydrogens (tertiary/aromatic N) is 2. The lowest BCUT2D eigenvalue weighted by atomic mass is 10.2. The maximum atomic E-state index is 5.31. The number of aromatic nitrogens is 2. The molecule has 0 atom stereocenters. The minimum absolute atomic E-state index is 0.705. The van der Waals surface area contributed by atoms with Gasteiger partial charge in [-0.1, -0.05) is 11.3 Å². The van der Waals surface area contributed by atoms with Crippen LogP contribution in [0.25, 0.3) is 10.6 Å². The maximum Gasteiger partial charge on any atom is 0.161 e. The molecule has 0 aliphatic carbocycles. The van der Waals surface area contributed by atoms with Crippen molar-refractivity contribution in [3.63, 3.8) is 0 Å². The average molecular weight is 293 g/mol. The van der Waals surface area contributed by atoms with E-state index in [9.17, 15) is 0 Å². The summed E-state index contributed by atoms with van der Waals surface area (Å²) in [5, 5.41) is 13.6. The monoisotopic (exact) mass is 293 g/mol. The molecule has 0 amide bonds. The molecule has 0 spiro atoms. The summed E-state index contributed by atoms with van der Waals surface area (Å²) in [5.41, 5.74) is 1.00. The van der Waals surface area contributed by atoms with Crippen molar-refractivity contribution >= 4 is 11.3 Å². The van der Waals surface area contributed by atoms with Crippen molar-refractivity contribution in [1.29, 1.82) is 0 Å². The molecule has 5 nitrogen and oxygen atoms in total. The van der Waals surface area contributed by atoms with E-state index in [1.165, 1.54) is 0 Å². The van der Waals surface area contributed by atoms with E-state index in [2.05, 4.69) is 15.5 Å². The lowest BCUT2D eigenvalue weighted by Crippen LogP contribution is -2.08. The largest absolute Gasteiger partial charge is 0.493 e. The third kappa shape index (κ3) is 3.46. The highest BCUT2D eigenvalue weighted by Gasteiger charge is 2.10. The fourth-order valence-corrected chi connectivity index (χ4v) is 2.73. The Balaban J connectivity index is 2.15. The van der Waals surface area contributed by atoms with Crippen molar-refractivity contribution in [2.45, 2.75) is 12.8 Å². The van der Waals surface area contributed by atoms with Gasteiger partial charge in [0.2, 0.25) is 0 Å². The van der Waals surface area contributed by atoms with Gasteiger partial charge in [0.05, 0.1) is 14.2 Å². The molecule has 2 rings (SSSR count). The molecule has 1 N–H and O–H groups in total. The van der Waals surface area contributed by atoms with Gasteiger partial charge in [-0.25, -0.2) is 0 Å². The topological polar surface area (TPSA) is 56.3 Å². The summed E-state index contributed by atoms with van der Waals surface area (Å²) in [6, 6.07) is 5.78. The van der Waals surface area contributed by atoms with Crippen LogP contribution < -0.4 is 14.8 Å². The Hall–Kier alpha value is -1.66. The van der Waals surface area contributed by atoms with Gasteiger partial charge in [-0.3, -0.25) is 0 Å². The molecular weight excluding hydrogens is 274 g/mol. The molecular formula is C14H19N3O2S. The van der Waals surface area contributed by atoms with Crippen LogP contribution in [-0.4, -0.2) is 38.0 Å². The van der Waals surface area contributed by atoms with Gasteiger partial charge >= 0.3 is 0 Å². The van der Waals surface area contributed by atoms with Crippen molar-refractivity contribution in [2.75, 3.05) is 27.8 Å². The van der Waals surface area contributed by atoms with Crippen LogP contribution in [0.15, 0.2) is 18.2 Å². The molecule has 20 heavy (non-hydrogen) atoms. The molecule has 0 aliphatic rings. The molecule has 0 saturated carbocycles. The molecule has 1 heterocycles. The molecule has 0 fully saturated rings. The summed E-state index contributed by atoms with van der Waals surface area (Å²) in [4.78, 5) is 0. The van der Waals surface area contributed by atoms with Crippen LogP contribution in [0.4, 0.5) is 0 Å². The molecule has 2 aromatic rings. The summed E-state index contributed by atoms with van der Waals surface area (Å²) in [7, 11) is 5.21. The fourth-order valence-electron chi connectivity index (χ4n) is 1.86. The minimum Gasteiger partial charge on any atom is -0.493 e. The zero-order chi connectivity index (χ0) is 14.4. The van der Waals surface area contributed by atoms with Crippen LogP contribution in [0.3, 0.4) is 0 Å². The van der Waals surface area contributed by atoms with Gasteiger partial charge in [-0.2, -0.15) is 0 Å². The van der Waals surface area contributed by atoms with Crippen molar-refractivity contribution < 1.29 is 9.47 Å². The molecule has 6 heteroatoms. The van der Waals surface area contributed by atoms with Crippen LogP contribution in [0.1, 0.15) is 11.4 Å². The third-order valence-electron chi connectivity index (χ3n) is 2.91. The Bertz CT molecular complexity index is 557. The predicted octanol–water partition coefficient (Wildman–Crippen LogP) is 2.37. The Morgan fingerprint density at radius 3 is 2.65 bits per heavy atom. The van der Waals surface area contributed by atoms with Crippen LogP contribution in [0.2, 0.25) is 0 Å². The minimum atomic E-state index is 0.705. The average Bonchev–Trinajstić information content (AvgIpc) is 2.95. The summed E-state index contributed by atoms with van der Waals surface area (Å²) >= 11 is 1.62. The molecule has 108 valence electrons. The van der Waals surface area contributed by atoms with E-state index in [0.717, 1.165) is 40.7 Å². The highest BCUT2D eigenvalue weighted by Crippen LogP contribution is 2.33. The second-order valence-electron chi connectivity index (χ2n) is 4.28. The van der Waals surface area contributed by atoms with Gasteiger partial charge in [-0.05, 0) is 38.2 Å². The molecule has 0 radical (unpaired) electrons. The molecule has 0 aliphatic heterocycles. The Kier molecular flexibility index (Phi) is 5.31. The van der Waals surface area contributed by atoms with Crippen LogP contribution in [-0.2, 0) is 6.42 Å². The van der Waals surface area contributed by atoms with E-state index < -0.39 is 0 Å². The third-order valence-corrected chi connectivity index (χ3v) is 3.95. The number of benzene rings is 1. The fraction of sp³-hybridized carbons (Fsp3) is 0.429. The Morgan fingerprint density at radius 1 is 1.15 bits per heavy atom. The van der Waals surface area contributed by atoms with Crippen molar-refractivity contribution in [2.24, 2.45) is 0 Å². The lowest BCUT2D eigenvalue weighted by Gasteiger charge is -2.07. The van der Waals surface area contributed by atoms with Crippen LogP contribution in [0.5, 0.6) is 11.5 Å². The summed E-state index contributed by atoms with van der Waals surface area (Å²) < 4.78 is 10.5. The number of nitrogens with one attached hydrogen (secondary N) is 1. The normalized spacial score (nSPS) is 10.6. The van der Waals surface area contributed by atoms with E-state index in [1.807, 2.05) is 25.2 Å². The van der Waals surface area contributed by atoms with Crippen molar-refractivity contribution in [1.82, 2.24) is 15.5 Å². The molecule has 1 aromatic carbocycles. The van der Waals surface area contributed by atoms with E-state index in [4.69, 9.17) is 9.47 Å². The summed E-state index contributed by atoms with van der Waals surface area (Å²) in [6.45, 7) is 0.991. The first-order chi connectivity index (χ1) is 9.78. The van der Waals surface area contributed by atoms with E-state index >= 15 is 0 Å². The highest BCUT2D eigenvalue weighted by atomic mass is 32.1. The predicted molar refractivity (Wildman–Crippen MR) is 80.7 cm³/mol. The zero-order valence-electron chi connectivity index (χ0n) is 12.0. The van der Waals surface area contributed by atoms with E-state index in [-0.39, 0.29) is 0 Å². The number of hydrogen-bond acceptors (Lipinski definition) is 6. The summed E-state index contributed by atoms with van der Waals surface area (Å²) in [6.07, 6.45) is 2.02. The molecule has 0 saturated heterocycles. The quantitative estimate of drug-likeness (QED) is 0.794.